The summed E-state index contributed by atoms with van der Waals surface area (Å²) in [5.41, 5.74) is 0.494. The van der Waals surface area contributed by atoms with Crippen LogP contribution in [0.1, 0.15) is 24.6 Å². The predicted molar refractivity (Wildman–Crippen MR) is 44.6 cm³/mol. The van der Waals surface area contributed by atoms with Crippen LogP contribution in [-0.2, 0) is 4.74 Å². The van der Waals surface area contributed by atoms with Gasteiger partial charge < -0.3 is 9.84 Å². The van der Waals surface area contributed by atoms with Crippen LogP contribution in [-0.4, -0.2) is 27.1 Å². The van der Waals surface area contributed by atoms with E-state index in [2.05, 4.69) is 15.4 Å². The van der Waals surface area contributed by atoms with Crippen LogP contribution in [0.25, 0.3) is 0 Å². The van der Waals surface area contributed by atoms with Gasteiger partial charge in [0.15, 0.2) is 6.10 Å². The SMILES string of the molecule is OC(C1=CCCCO1)c1cn[nH]n1. The topological polar surface area (TPSA) is 71.0 Å². The number of aliphatic hydroxyl groups excluding tert-OH is 1. The van der Waals surface area contributed by atoms with E-state index in [0.717, 1.165) is 12.8 Å². The van der Waals surface area contributed by atoms with Gasteiger partial charge in [-0.3, -0.25) is 0 Å². The fourth-order valence-corrected chi connectivity index (χ4v) is 1.26. The summed E-state index contributed by atoms with van der Waals surface area (Å²) >= 11 is 0. The van der Waals surface area contributed by atoms with E-state index in [1.807, 2.05) is 6.08 Å². The van der Waals surface area contributed by atoms with Gasteiger partial charge in [0.1, 0.15) is 11.5 Å². The van der Waals surface area contributed by atoms with Crippen LogP contribution in [0.3, 0.4) is 0 Å². The van der Waals surface area contributed by atoms with Gasteiger partial charge in [0.25, 0.3) is 0 Å². The van der Waals surface area contributed by atoms with Crippen molar-refractivity contribution in [3.63, 3.8) is 0 Å². The second-order valence-corrected chi connectivity index (χ2v) is 2.89. The number of allylic oxidation sites excluding steroid dienone is 1. The van der Waals surface area contributed by atoms with E-state index in [1.54, 1.807) is 0 Å². The van der Waals surface area contributed by atoms with Crippen LogP contribution >= 0.6 is 0 Å². The first-order valence-corrected chi connectivity index (χ1v) is 4.24. The standard InChI is InChI=1S/C8H11N3O2/c12-8(6-5-9-11-10-6)7-3-1-2-4-13-7/h3,5,8,12H,1-2,4H2,(H,9,10,11). The van der Waals surface area contributed by atoms with Gasteiger partial charge in [-0.15, -0.1) is 0 Å². The highest BCUT2D eigenvalue weighted by molar-refractivity contribution is 5.12. The van der Waals surface area contributed by atoms with E-state index >= 15 is 0 Å². The van der Waals surface area contributed by atoms with Crippen molar-refractivity contribution in [2.24, 2.45) is 0 Å². The lowest BCUT2D eigenvalue weighted by atomic mass is 10.1. The minimum Gasteiger partial charge on any atom is -0.495 e. The predicted octanol–water partition coefficient (Wildman–Crippen LogP) is 0.532. The number of hydrogen-bond acceptors (Lipinski definition) is 4. The molecule has 0 saturated carbocycles. The average Bonchev–Trinajstić information content (AvgIpc) is 2.71. The molecular formula is C8H11N3O2. The molecule has 1 unspecified atom stereocenters. The number of rotatable bonds is 2. The van der Waals surface area contributed by atoms with Crippen molar-refractivity contribution in [3.05, 3.63) is 23.7 Å². The molecule has 0 aliphatic carbocycles. The van der Waals surface area contributed by atoms with Crippen molar-refractivity contribution in [3.8, 4) is 0 Å². The van der Waals surface area contributed by atoms with Crippen LogP contribution in [0, 0.1) is 0 Å². The van der Waals surface area contributed by atoms with Gasteiger partial charge in [0.2, 0.25) is 0 Å². The molecule has 1 aromatic rings. The molecular weight excluding hydrogens is 170 g/mol. The van der Waals surface area contributed by atoms with Crippen molar-refractivity contribution in [1.82, 2.24) is 15.4 Å². The second-order valence-electron chi connectivity index (χ2n) is 2.89. The van der Waals surface area contributed by atoms with Crippen molar-refractivity contribution in [2.75, 3.05) is 6.61 Å². The van der Waals surface area contributed by atoms with E-state index in [4.69, 9.17) is 4.74 Å². The zero-order valence-corrected chi connectivity index (χ0v) is 7.10. The number of nitrogens with one attached hydrogen (secondary N) is 1. The zero-order chi connectivity index (χ0) is 9.10. The number of aromatic nitrogens is 3. The number of hydrogen-bond donors (Lipinski definition) is 2. The van der Waals surface area contributed by atoms with E-state index < -0.39 is 6.10 Å². The number of aromatic amines is 1. The molecule has 0 amide bonds. The van der Waals surface area contributed by atoms with Gasteiger partial charge in [-0.1, -0.05) is 0 Å². The van der Waals surface area contributed by atoms with Gasteiger partial charge in [-0.25, -0.2) is 0 Å². The van der Waals surface area contributed by atoms with Crippen LogP contribution < -0.4 is 0 Å². The van der Waals surface area contributed by atoms with E-state index in [9.17, 15) is 5.11 Å². The summed E-state index contributed by atoms with van der Waals surface area (Å²) in [5.74, 6) is 0.583. The number of aliphatic hydroxyl groups is 1. The van der Waals surface area contributed by atoms with Crippen molar-refractivity contribution < 1.29 is 9.84 Å². The lowest BCUT2D eigenvalue weighted by molar-refractivity contribution is 0.0894. The molecule has 1 aliphatic heterocycles. The van der Waals surface area contributed by atoms with Gasteiger partial charge in [-0.2, -0.15) is 15.4 Å². The number of nitrogens with zero attached hydrogens (tertiary/aromatic N) is 2. The van der Waals surface area contributed by atoms with Crippen LogP contribution in [0.2, 0.25) is 0 Å². The molecule has 1 atom stereocenters. The van der Waals surface area contributed by atoms with Crippen molar-refractivity contribution in [1.29, 1.82) is 0 Å². The molecule has 0 aromatic carbocycles. The highest BCUT2D eigenvalue weighted by Crippen LogP contribution is 2.23. The molecule has 2 rings (SSSR count). The van der Waals surface area contributed by atoms with Gasteiger partial charge in [0, 0.05) is 0 Å². The molecule has 5 nitrogen and oxygen atoms in total. The lowest BCUT2D eigenvalue weighted by Crippen LogP contribution is -2.10. The quantitative estimate of drug-likeness (QED) is 0.698. The molecule has 0 spiro atoms. The summed E-state index contributed by atoms with van der Waals surface area (Å²) in [5, 5.41) is 19.6. The van der Waals surface area contributed by atoms with Crippen molar-refractivity contribution >= 4 is 0 Å². The summed E-state index contributed by atoms with van der Waals surface area (Å²) in [7, 11) is 0. The van der Waals surface area contributed by atoms with Crippen LogP contribution in [0.4, 0.5) is 0 Å². The highest BCUT2D eigenvalue weighted by atomic mass is 16.5. The van der Waals surface area contributed by atoms with Crippen LogP contribution in [0.15, 0.2) is 18.0 Å². The first-order valence-electron chi connectivity index (χ1n) is 4.24. The molecule has 13 heavy (non-hydrogen) atoms. The van der Waals surface area contributed by atoms with E-state index in [0.29, 0.717) is 18.1 Å². The molecule has 0 fully saturated rings. The largest absolute Gasteiger partial charge is 0.495 e. The zero-order valence-electron chi connectivity index (χ0n) is 7.10. The third-order valence-electron chi connectivity index (χ3n) is 1.95. The Bertz CT molecular complexity index is 294. The molecule has 2 heterocycles. The highest BCUT2D eigenvalue weighted by Gasteiger charge is 2.18. The second kappa shape index (κ2) is 3.57. The molecule has 1 aromatic heterocycles. The average molecular weight is 181 g/mol. The van der Waals surface area contributed by atoms with Crippen LogP contribution in [0.5, 0.6) is 0 Å². The fraction of sp³-hybridized carbons (Fsp3) is 0.500. The Hall–Kier alpha value is -1.36. The molecule has 2 N–H and O–H groups in total. The Kier molecular flexibility index (Phi) is 2.27. The summed E-state index contributed by atoms with van der Waals surface area (Å²) in [4.78, 5) is 0. The molecule has 70 valence electrons. The summed E-state index contributed by atoms with van der Waals surface area (Å²) in [6.07, 6.45) is 4.56. The van der Waals surface area contributed by atoms with E-state index in [-0.39, 0.29) is 0 Å². The maximum atomic E-state index is 9.72. The lowest BCUT2D eigenvalue weighted by Gasteiger charge is -2.17. The maximum absolute atomic E-state index is 9.72. The Morgan fingerprint density at radius 2 is 2.54 bits per heavy atom. The van der Waals surface area contributed by atoms with E-state index in [1.165, 1.54) is 6.20 Å². The van der Waals surface area contributed by atoms with Crippen molar-refractivity contribution in [2.45, 2.75) is 18.9 Å². The third kappa shape index (κ3) is 1.70. The molecule has 1 aliphatic rings. The number of ether oxygens (including phenoxy) is 1. The Morgan fingerprint density at radius 3 is 3.15 bits per heavy atom. The molecule has 0 saturated heterocycles. The fourth-order valence-electron chi connectivity index (χ4n) is 1.26. The Balaban J connectivity index is 2.12. The first kappa shape index (κ1) is 8.25. The van der Waals surface area contributed by atoms with Gasteiger partial charge in [0.05, 0.1) is 12.8 Å². The third-order valence-corrected chi connectivity index (χ3v) is 1.95. The summed E-state index contributed by atoms with van der Waals surface area (Å²) < 4.78 is 5.29. The first-order chi connectivity index (χ1) is 6.38. The maximum Gasteiger partial charge on any atom is 0.156 e. The molecule has 5 heteroatoms. The smallest absolute Gasteiger partial charge is 0.156 e. The minimum atomic E-state index is -0.779. The Labute approximate surface area is 75.4 Å². The monoisotopic (exact) mass is 181 g/mol. The normalized spacial score (nSPS) is 19.0. The van der Waals surface area contributed by atoms with Gasteiger partial charge in [-0.05, 0) is 18.9 Å². The minimum absolute atomic E-state index is 0.494. The Morgan fingerprint density at radius 1 is 1.62 bits per heavy atom. The molecule has 0 bridgehead atoms. The number of H-pyrrole nitrogens is 1. The summed E-state index contributed by atoms with van der Waals surface area (Å²) in [6, 6.07) is 0. The summed E-state index contributed by atoms with van der Waals surface area (Å²) in [6.45, 7) is 0.667. The van der Waals surface area contributed by atoms with Gasteiger partial charge >= 0.3 is 0 Å². The molecule has 0 radical (unpaired) electrons.